The molecule has 1 aromatic carbocycles. The minimum Gasteiger partial charge on any atom is -0.282 e. The van der Waals surface area contributed by atoms with Crippen LogP contribution in [0.5, 0.6) is 0 Å². The largest absolute Gasteiger partial charge is 0.294 e. The number of sulfonamides is 2. The van der Waals surface area contributed by atoms with E-state index < -0.39 is 39.6 Å². The van der Waals surface area contributed by atoms with Crippen molar-refractivity contribution >= 4 is 35.9 Å². The van der Waals surface area contributed by atoms with Crippen molar-refractivity contribution in [2.45, 2.75) is 16.4 Å². The number of nitrogens with one attached hydrogen (secondary N) is 1. The number of hydrogen-bond acceptors (Lipinski definition) is 6. The van der Waals surface area contributed by atoms with Crippen LogP contribution in [0.25, 0.3) is 0 Å². The predicted molar refractivity (Wildman–Crippen MR) is 71.4 cm³/mol. The van der Waals surface area contributed by atoms with E-state index in [0.29, 0.717) is 0 Å². The second kappa shape index (κ2) is 5.29. The van der Waals surface area contributed by atoms with Crippen LogP contribution in [0.4, 0.5) is 5.69 Å². The van der Waals surface area contributed by atoms with Gasteiger partial charge in [0.05, 0.1) is 4.90 Å². The molecule has 9 nitrogen and oxygen atoms in total. The first-order valence-electron chi connectivity index (χ1n) is 4.95. The SMILES string of the molecule is CC(S(N)(=O)=O)S(=O)(=O)Nc1ccc(S(=O)(=O)O)cc1. The summed E-state index contributed by atoms with van der Waals surface area (Å²) in [5.41, 5.74) is -0.0760. The Morgan fingerprint density at radius 2 is 1.50 bits per heavy atom. The van der Waals surface area contributed by atoms with E-state index in [-0.39, 0.29) is 5.69 Å². The van der Waals surface area contributed by atoms with Gasteiger partial charge in [-0.05, 0) is 31.2 Å². The summed E-state index contributed by atoms with van der Waals surface area (Å²) in [6, 6.07) is 4.01. The molecule has 0 radical (unpaired) electrons. The van der Waals surface area contributed by atoms with E-state index in [0.717, 1.165) is 31.2 Å². The fourth-order valence-electron chi connectivity index (χ4n) is 1.12. The molecular formula is C8H12N2O7S3. The molecule has 0 saturated carbocycles. The van der Waals surface area contributed by atoms with Gasteiger partial charge in [-0.1, -0.05) is 0 Å². The van der Waals surface area contributed by atoms with E-state index in [9.17, 15) is 25.3 Å². The van der Waals surface area contributed by atoms with Crippen molar-refractivity contribution in [3.05, 3.63) is 24.3 Å². The van der Waals surface area contributed by atoms with Crippen LogP contribution < -0.4 is 9.86 Å². The van der Waals surface area contributed by atoms with Crippen LogP contribution in [-0.4, -0.2) is 34.4 Å². The molecule has 0 aromatic heterocycles. The van der Waals surface area contributed by atoms with E-state index in [1.807, 2.05) is 4.72 Å². The molecule has 0 saturated heterocycles. The number of benzene rings is 1. The zero-order valence-corrected chi connectivity index (χ0v) is 12.5. The lowest BCUT2D eigenvalue weighted by molar-refractivity contribution is 0.483. The molecular weight excluding hydrogens is 332 g/mol. The minimum absolute atomic E-state index is 0.0760. The third kappa shape index (κ3) is 4.14. The number of primary sulfonamides is 1. The summed E-state index contributed by atoms with van der Waals surface area (Å²) in [5.74, 6) is 0. The summed E-state index contributed by atoms with van der Waals surface area (Å²) in [6.45, 7) is 0.893. The van der Waals surface area contributed by atoms with Crippen LogP contribution in [-0.2, 0) is 30.2 Å². The highest BCUT2D eigenvalue weighted by molar-refractivity contribution is 8.08. The third-order valence-electron chi connectivity index (χ3n) is 2.31. The Balaban J connectivity index is 3.06. The maximum Gasteiger partial charge on any atom is 0.294 e. The van der Waals surface area contributed by atoms with Crippen molar-refractivity contribution in [2.75, 3.05) is 4.72 Å². The van der Waals surface area contributed by atoms with Crippen molar-refractivity contribution in [3.8, 4) is 0 Å². The van der Waals surface area contributed by atoms with Crippen molar-refractivity contribution in [1.29, 1.82) is 0 Å². The van der Waals surface area contributed by atoms with Gasteiger partial charge in [-0.15, -0.1) is 0 Å². The summed E-state index contributed by atoms with van der Waals surface area (Å²) in [6.07, 6.45) is 0. The maximum absolute atomic E-state index is 11.7. The highest BCUT2D eigenvalue weighted by Crippen LogP contribution is 2.17. The van der Waals surface area contributed by atoms with Gasteiger partial charge in [0.1, 0.15) is 0 Å². The lowest BCUT2D eigenvalue weighted by atomic mass is 10.3. The van der Waals surface area contributed by atoms with Gasteiger partial charge in [0.15, 0.2) is 4.58 Å². The summed E-state index contributed by atoms with van der Waals surface area (Å²) < 4.78 is 75.8. The molecule has 0 heterocycles. The maximum atomic E-state index is 11.7. The number of rotatable bonds is 5. The highest BCUT2D eigenvalue weighted by atomic mass is 32.3. The first-order chi connectivity index (χ1) is 8.84. The molecule has 0 amide bonds. The van der Waals surface area contributed by atoms with Crippen LogP contribution in [0.15, 0.2) is 29.2 Å². The van der Waals surface area contributed by atoms with E-state index in [2.05, 4.69) is 0 Å². The van der Waals surface area contributed by atoms with E-state index in [1.165, 1.54) is 0 Å². The summed E-state index contributed by atoms with van der Waals surface area (Å²) >= 11 is 0. The molecule has 4 N–H and O–H groups in total. The molecule has 1 unspecified atom stereocenters. The van der Waals surface area contributed by atoms with Crippen molar-refractivity contribution in [1.82, 2.24) is 0 Å². The third-order valence-corrected chi connectivity index (χ3v) is 7.06. The Bertz CT molecular complexity index is 794. The molecule has 1 aromatic rings. The molecule has 0 aliphatic rings. The van der Waals surface area contributed by atoms with Crippen molar-refractivity contribution in [2.24, 2.45) is 5.14 Å². The van der Waals surface area contributed by atoms with Crippen LogP contribution in [0.3, 0.4) is 0 Å². The molecule has 1 rings (SSSR count). The van der Waals surface area contributed by atoms with Gasteiger partial charge in [0.2, 0.25) is 10.0 Å². The van der Waals surface area contributed by atoms with Crippen LogP contribution in [0.2, 0.25) is 0 Å². The predicted octanol–water partition coefficient (Wildman–Crippen LogP) is -0.690. The number of nitrogens with two attached hydrogens (primary N) is 1. The lowest BCUT2D eigenvalue weighted by Crippen LogP contribution is -2.36. The molecule has 0 spiro atoms. The number of hydrogen-bond donors (Lipinski definition) is 3. The average molecular weight is 344 g/mol. The molecule has 114 valence electrons. The molecule has 20 heavy (non-hydrogen) atoms. The van der Waals surface area contributed by atoms with Crippen molar-refractivity contribution < 1.29 is 29.8 Å². The Kier molecular flexibility index (Phi) is 4.46. The quantitative estimate of drug-likeness (QED) is 0.595. The van der Waals surface area contributed by atoms with Gasteiger partial charge >= 0.3 is 0 Å². The number of anilines is 1. The fraction of sp³-hybridized carbons (Fsp3) is 0.250. The molecule has 12 heteroatoms. The monoisotopic (exact) mass is 344 g/mol. The fourth-order valence-corrected chi connectivity index (χ4v) is 3.79. The summed E-state index contributed by atoms with van der Waals surface area (Å²) in [5, 5.41) is 4.74. The van der Waals surface area contributed by atoms with E-state index >= 15 is 0 Å². The summed E-state index contributed by atoms with van der Waals surface area (Å²) in [7, 11) is -13.0. The van der Waals surface area contributed by atoms with Crippen LogP contribution in [0.1, 0.15) is 6.92 Å². The zero-order chi connectivity index (χ0) is 15.8. The Labute approximate surface area is 116 Å². The van der Waals surface area contributed by atoms with Gasteiger partial charge in [-0.3, -0.25) is 9.27 Å². The first-order valence-corrected chi connectivity index (χ1v) is 9.54. The average Bonchev–Trinajstić information content (AvgIpc) is 2.25. The molecule has 0 aliphatic heterocycles. The zero-order valence-electron chi connectivity index (χ0n) is 10.1. The first kappa shape index (κ1) is 16.8. The summed E-state index contributed by atoms with van der Waals surface area (Å²) in [4.78, 5) is -0.431. The highest BCUT2D eigenvalue weighted by Gasteiger charge is 2.30. The minimum atomic E-state index is -4.40. The van der Waals surface area contributed by atoms with E-state index in [4.69, 9.17) is 9.69 Å². The second-order valence-corrected chi connectivity index (χ2v) is 9.41. The second-order valence-electron chi connectivity index (χ2n) is 3.80. The molecule has 1 atom stereocenters. The normalized spacial score (nSPS) is 14.8. The smallest absolute Gasteiger partial charge is 0.282 e. The Morgan fingerprint density at radius 1 is 1.05 bits per heavy atom. The Morgan fingerprint density at radius 3 is 1.85 bits per heavy atom. The molecule has 0 fully saturated rings. The van der Waals surface area contributed by atoms with Crippen LogP contribution in [0, 0.1) is 0 Å². The Hall–Kier alpha value is -1.21. The topological polar surface area (TPSA) is 161 Å². The standard InChI is InChI=1S/C8H12N2O7S3/c1-6(18(9,11)12)19(13,14)10-7-2-4-8(5-3-7)20(15,16)17/h2-6,10H,1H3,(H2,9,11,12)(H,15,16,17). The van der Waals surface area contributed by atoms with Gasteiger partial charge in [-0.2, -0.15) is 8.42 Å². The van der Waals surface area contributed by atoms with E-state index in [1.54, 1.807) is 0 Å². The van der Waals surface area contributed by atoms with Gasteiger partial charge in [0, 0.05) is 5.69 Å². The van der Waals surface area contributed by atoms with Crippen molar-refractivity contribution in [3.63, 3.8) is 0 Å². The molecule has 0 bridgehead atoms. The van der Waals surface area contributed by atoms with Gasteiger partial charge < -0.3 is 0 Å². The molecule has 0 aliphatic carbocycles. The van der Waals surface area contributed by atoms with Gasteiger partial charge in [0.25, 0.3) is 20.1 Å². The van der Waals surface area contributed by atoms with Gasteiger partial charge in [-0.25, -0.2) is 22.0 Å². The lowest BCUT2D eigenvalue weighted by Gasteiger charge is -2.13. The van der Waals surface area contributed by atoms with Crippen LogP contribution >= 0.6 is 0 Å².